The van der Waals surface area contributed by atoms with Gasteiger partial charge in [-0.25, -0.2) is 18.5 Å². The molecule has 1 unspecified atom stereocenters. The fourth-order valence-electron chi connectivity index (χ4n) is 8.22. The molecule has 0 spiro atoms. The number of phosphoric ester groups is 3. The summed E-state index contributed by atoms with van der Waals surface area (Å²) in [6.45, 7) is -6.07. The van der Waals surface area contributed by atoms with Crippen LogP contribution < -0.4 is 11.5 Å². The van der Waals surface area contributed by atoms with Crippen molar-refractivity contribution in [2.75, 3.05) is 33.0 Å². The lowest BCUT2D eigenvalue weighted by Gasteiger charge is -2.50. The standard InChI is InChI=1S/C33H61N2O36P3/c34-13-17(43)16(42)11(62-28(13)49)5-60-29-14(35)18(44)25(69-73(55,56)57)12(64-29)6-61-33(32(50)51)1-9(68-72(52,53)54)26(24(67-33)8(40)3-37)66-30-22(48)27(21(47)23(65-30)7(39)2-36)70-74(58,59)71-31-20(46)19(45)15(41)10(4-38)63-31/h7-31,36-49H,1-6,34-35H2,(H,50,51)(H,58,59)(H2,52,53,54)(H2,55,56,57)/t7-,8+,9+,10+,11+,12+,13+,14+,15+,16+,17+,18+,19-,20+,21+,22-,23+,24+,25+,26+,27-,28-,29+,30+,31+,33+/m0/s1. The molecule has 27 atom stereocenters. The summed E-state index contributed by atoms with van der Waals surface area (Å²) in [4.78, 5) is 63.2. The maximum absolute atomic E-state index is 13.3. The average Bonchev–Trinajstić information content (AvgIpc) is 3.31. The number of nitrogens with two attached hydrogens (primary N) is 2. The molecule has 38 nitrogen and oxygen atoms in total. The van der Waals surface area contributed by atoms with Gasteiger partial charge in [-0.2, -0.15) is 0 Å². The molecule has 0 amide bonds. The number of carbonyl (C=O) groups is 1. The van der Waals surface area contributed by atoms with Crippen LogP contribution >= 0.6 is 23.5 Å². The number of hydrogen-bond donors (Lipinski definition) is 22. The largest absolute Gasteiger partial charge is 0.477 e. The van der Waals surface area contributed by atoms with Crippen molar-refractivity contribution in [2.24, 2.45) is 11.5 Å². The third kappa shape index (κ3) is 15.0. The SMILES string of the molecule is N[C@@H]1[C@@H](O)[C@H](O)[C@@H](CO[C@@H]2O[C@H](CO[C@]3(C(=O)O)C[C@@H](OP(=O)(O)O)[C@@H](O[C@H]4O[C@H]([C@@H](O)CO)[C@@H](O)[C@H](OP(=O)(O)O[C@H]5O[C@H](CO)[C@@H](O)[C@H](O)[C@H]5O)[C@@H]4O)[C@@H]([C@H](O)CO)O3)[C@@H](OP(=O)(O)O)[C@H](O)[C@H]2N)O[C@@H]1O. The molecule has 41 heteroatoms. The van der Waals surface area contributed by atoms with E-state index in [2.05, 4.69) is 4.52 Å². The number of hydrogen-bond acceptors (Lipinski definition) is 32. The lowest BCUT2D eigenvalue weighted by Crippen LogP contribution is -2.68. The van der Waals surface area contributed by atoms with Gasteiger partial charge in [0.25, 0.3) is 5.79 Å². The molecule has 5 aliphatic heterocycles. The molecule has 0 saturated carbocycles. The van der Waals surface area contributed by atoms with Crippen molar-refractivity contribution in [1.82, 2.24) is 0 Å². The molecule has 5 heterocycles. The maximum Gasteiger partial charge on any atom is 0.475 e. The molecular weight excluding hydrogens is 1090 g/mol. The predicted molar refractivity (Wildman–Crippen MR) is 220 cm³/mol. The van der Waals surface area contributed by atoms with E-state index < -0.39 is 228 Å². The molecule has 434 valence electrons. The monoisotopic (exact) mass is 1150 g/mol. The Hall–Kier alpha value is -1.16. The third-order valence-corrected chi connectivity index (χ3v) is 14.1. The number of phosphoric acid groups is 3. The second-order valence-corrected chi connectivity index (χ2v) is 21.1. The molecule has 0 radical (unpaired) electrons. The summed E-state index contributed by atoms with van der Waals surface area (Å²) in [6, 6.07) is -3.33. The molecule has 5 aliphatic rings. The second kappa shape index (κ2) is 25.5. The highest BCUT2D eigenvalue weighted by atomic mass is 31.2. The maximum atomic E-state index is 13.3. The van der Waals surface area contributed by atoms with Gasteiger partial charge in [-0.05, 0) is 0 Å². The molecule has 74 heavy (non-hydrogen) atoms. The minimum absolute atomic E-state index is 0.837. The van der Waals surface area contributed by atoms with E-state index in [0.717, 1.165) is 0 Å². The molecule has 0 bridgehead atoms. The topological polar surface area (TPSA) is 636 Å². The van der Waals surface area contributed by atoms with E-state index in [1.165, 1.54) is 0 Å². The molecule has 0 aromatic rings. The van der Waals surface area contributed by atoms with Crippen LogP contribution in [0.4, 0.5) is 0 Å². The van der Waals surface area contributed by atoms with Crippen LogP contribution in [0.5, 0.6) is 0 Å². The Morgan fingerprint density at radius 1 is 0.581 bits per heavy atom. The molecule has 0 aromatic heterocycles. The molecule has 5 fully saturated rings. The number of rotatable bonds is 22. The van der Waals surface area contributed by atoms with Gasteiger partial charge in [-0.15, -0.1) is 0 Å². The smallest absolute Gasteiger partial charge is 0.475 e. The zero-order valence-electron chi connectivity index (χ0n) is 37.6. The number of ether oxygens (including phenoxy) is 8. The quantitative estimate of drug-likeness (QED) is 0.0448. The van der Waals surface area contributed by atoms with E-state index >= 15 is 0 Å². The molecule has 0 aliphatic carbocycles. The predicted octanol–water partition coefficient (Wildman–Crippen LogP) is -12.4. The van der Waals surface area contributed by atoms with E-state index in [-0.39, 0.29) is 0 Å². The second-order valence-electron chi connectivity index (χ2n) is 17.3. The van der Waals surface area contributed by atoms with Crippen molar-refractivity contribution in [3.05, 3.63) is 0 Å². The number of aliphatic carboxylic acids is 1. The number of aliphatic hydroxyl groups is 14. The highest BCUT2D eigenvalue weighted by molar-refractivity contribution is 7.47. The van der Waals surface area contributed by atoms with Gasteiger partial charge < -0.3 is 150 Å². The average molecular weight is 1150 g/mol. The van der Waals surface area contributed by atoms with Crippen LogP contribution in [0.25, 0.3) is 0 Å². The van der Waals surface area contributed by atoms with Crippen molar-refractivity contribution in [2.45, 2.75) is 165 Å². The Morgan fingerprint density at radius 2 is 1.16 bits per heavy atom. The molecule has 5 saturated heterocycles. The summed E-state index contributed by atoms with van der Waals surface area (Å²) in [5, 5.41) is 156. The lowest BCUT2D eigenvalue weighted by molar-refractivity contribution is -0.372. The molecule has 5 rings (SSSR count). The minimum atomic E-state index is -5.95. The molecule has 24 N–H and O–H groups in total. The zero-order chi connectivity index (χ0) is 55.7. The summed E-state index contributed by atoms with van der Waals surface area (Å²) < 4.78 is 100. The van der Waals surface area contributed by atoms with Crippen LogP contribution in [0.1, 0.15) is 6.42 Å². The first-order valence-corrected chi connectivity index (χ1v) is 26.2. The van der Waals surface area contributed by atoms with Gasteiger partial charge in [-0.3, -0.25) is 18.1 Å². The summed E-state index contributed by atoms with van der Waals surface area (Å²) in [7, 11) is -17.5. The van der Waals surface area contributed by atoms with Crippen molar-refractivity contribution < 1.29 is 176 Å². The summed E-state index contributed by atoms with van der Waals surface area (Å²) in [6.07, 6.45) is -53.1. The summed E-state index contributed by atoms with van der Waals surface area (Å²) in [5.74, 6) is -5.75. The van der Waals surface area contributed by atoms with Crippen LogP contribution in [-0.4, -0.2) is 299 Å². The number of aliphatic hydroxyl groups excluding tert-OH is 14. The van der Waals surface area contributed by atoms with Crippen molar-refractivity contribution in [3.8, 4) is 0 Å². The van der Waals surface area contributed by atoms with Crippen LogP contribution in [0.2, 0.25) is 0 Å². The van der Waals surface area contributed by atoms with Gasteiger partial charge in [0.2, 0.25) is 0 Å². The van der Waals surface area contributed by atoms with Crippen molar-refractivity contribution in [3.63, 3.8) is 0 Å². The van der Waals surface area contributed by atoms with Crippen LogP contribution in [0.3, 0.4) is 0 Å². The van der Waals surface area contributed by atoms with Crippen molar-refractivity contribution in [1.29, 1.82) is 0 Å². The van der Waals surface area contributed by atoms with E-state index in [0.29, 0.717) is 0 Å². The first-order chi connectivity index (χ1) is 34.2. The molecular formula is C33H61N2O36P3. The van der Waals surface area contributed by atoms with E-state index in [4.69, 9.17) is 62.9 Å². The van der Waals surface area contributed by atoms with Crippen LogP contribution in [-0.2, 0) is 74.5 Å². The first kappa shape index (κ1) is 63.7. The Kier molecular flexibility index (Phi) is 22.0. The van der Waals surface area contributed by atoms with E-state index in [1.54, 1.807) is 0 Å². The fraction of sp³-hybridized carbons (Fsp3) is 0.970. The highest BCUT2D eigenvalue weighted by Crippen LogP contribution is 2.51. The summed E-state index contributed by atoms with van der Waals surface area (Å²) in [5.41, 5.74) is 11.6. The van der Waals surface area contributed by atoms with Gasteiger partial charge in [0, 0.05) is 6.42 Å². The Bertz CT molecular complexity index is 1970. The Labute approximate surface area is 414 Å². The van der Waals surface area contributed by atoms with Crippen LogP contribution in [0.15, 0.2) is 0 Å². The van der Waals surface area contributed by atoms with E-state index in [1.807, 2.05) is 0 Å². The Morgan fingerprint density at radius 3 is 1.73 bits per heavy atom. The van der Waals surface area contributed by atoms with Gasteiger partial charge in [-0.1, -0.05) is 0 Å². The first-order valence-electron chi connectivity index (χ1n) is 21.6. The van der Waals surface area contributed by atoms with Crippen molar-refractivity contribution >= 4 is 29.4 Å². The third-order valence-electron chi connectivity index (χ3n) is 12.1. The van der Waals surface area contributed by atoms with Gasteiger partial charge in [0.1, 0.15) is 116 Å². The summed E-state index contributed by atoms with van der Waals surface area (Å²) >= 11 is 0. The van der Waals surface area contributed by atoms with Crippen LogP contribution in [0, 0.1) is 0 Å². The minimum Gasteiger partial charge on any atom is -0.477 e. The zero-order valence-corrected chi connectivity index (χ0v) is 40.3. The fourth-order valence-corrected chi connectivity index (χ4v) is 10.4. The van der Waals surface area contributed by atoms with Gasteiger partial charge in [0.05, 0.1) is 45.1 Å². The normalized spacial score (nSPS) is 45.3. The highest BCUT2D eigenvalue weighted by Gasteiger charge is 2.61. The molecule has 0 aromatic carbocycles. The number of carboxylic acid groups (broad SMARTS) is 1. The van der Waals surface area contributed by atoms with E-state index in [9.17, 15) is 120 Å². The van der Waals surface area contributed by atoms with Gasteiger partial charge in [0.15, 0.2) is 25.2 Å². The number of carboxylic acids is 1. The van der Waals surface area contributed by atoms with Gasteiger partial charge >= 0.3 is 29.4 Å². The lowest BCUT2D eigenvalue weighted by atomic mass is 9.91. The Balaban J connectivity index is 1.45.